The van der Waals surface area contributed by atoms with E-state index in [1.807, 2.05) is 36.4 Å². The van der Waals surface area contributed by atoms with E-state index in [4.69, 9.17) is 5.26 Å². The summed E-state index contributed by atoms with van der Waals surface area (Å²) in [7, 11) is 0. The Labute approximate surface area is 141 Å². The predicted octanol–water partition coefficient (Wildman–Crippen LogP) is 3.46. The number of hydrogen-bond donors (Lipinski definition) is 0. The predicted molar refractivity (Wildman–Crippen MR) is 87.8 cm³/mol. The highest BCUT2D eigenvalue weighted by molar-refractivity contribution is 7.09. The van der Waals surface area contributed by atoms with Crippen LogP contribution in [0.5, 0.6) is 0 Å². The van der Waals surface area contributed by atoms with E-state index >= 15 is 0 Å². The molecule has 0 fully saturated rings. The van der Waals surface area contributed by atoms with Crippen LogP contribution in [0.25, 0.3) is 11.4 Å². The molecule has 116 valence electrons. The Hall–Kier alpha value is -3.31. The Kier molecular flexibility index (Phi) is 4.74. The normalized spacial score (nSPS) is 12.0. The van der Waals surface area contributed by atoms with Crippen LogP contribution in [0.2, 0.25) is 0 Å². The first-order valence-electron chi connectivity index (χ1n) is 6.92. The molecule has 3 rings (SSSR count). The maximum absolute atomic E-state index is 12.2. The van der Waals surface area contributed by atoms with Gasteiger partial charge in [-0.1, -0.05) is 30.3 Å². The van der Waals surface area contributed by atoms with Gasteiger partial charge in [-0.05, 0) is 12.1 Å². The van der Waals surface area contributed by atoms with Gasteiger partial charge in [-0.3, -0.25) is 9.78 Å². The summed E-state index contributed by atoms with van der Waals surface area (Å²) in [6, 6.07) is 13.1. The zero-order valence-corrected chi connectivity index (χ0v) is 13.1. The van der Waals surface area contributed by atoms with Crippen LogP contribution >= 0.6 is 11.5 Å². The minimum atomic E-state index is -1.23. The molecule has 2 aromatic heterocycles. The number of hydrogen-bond acceptors (Lipinski definition) is 8. The first-order chi connectivity index (χ1) is 11.8. The highest BCUT2D eigenvalue weighted by Crippen LogP contribution is 2.23. The van der Waals surface area contributed by atoms with Gasteiger partial charge in [0.15, 0.2) is 5.82 Å². The Morgan fingerprint density at radius 2 is 1.92 bits per heavy atom. The van der Waals surface area contributed by atoms with Crippen LogP contribution in [-0.4, -0.2) is 26.2 Å². The molecule has 0 bridgehead atoms. The number of aromatic nitrogens is 3. The van der Waals surface area contributed by atoms with Crippen LogP contribution in [-0.2, 0) is 0 Å². The summed E-state index contributed by atoms with van der Waals surface area (Å²) in [4.78, 5) is 20.3. The van der Waals surface area contributed by atoms with E-state index in [1.54, 1.807) is 0 Å². The maximum Gasteiger partial charge on any atom is 0.249 e. The van der Waals surface area contributed by atoms with Gasteiger partial charge in [0, 0.05) is 35.1 Å². The molecule has 2 heterocycles. The maximum atomic E-state index is 12.2. The molecule has 7 nitrogen and oxygen atoms in total. The molecule has 0 N–H and O–H groups in total. The topological polar surface area (TPSA) is 104 Å². The van der Waals surface area contributed by atoms with Crippen LogP contribution in [0.4, 0.5) is 5.13 Å². The number of Topliss-reactive ketones (excluding diaryl/α,β-unsaturated/α-hetero) is 1. The van der Waals surface area contributed by atoms with Crippen molar-refractivity contribution in [3.63, 3.8) is 0 Å². The number of benzene rings is 1. The SMILES string of the molecule is N#CC(N=Nc1nc(-c2ccccc2)ns1)C(=O)c1ccncc1. The van der Waals surface area contributed by atoms with E-state index in [-0.39, 0.29) is 5.13 Å². The van der Waals surface area contributed by atoms with E-state index in [9.17, 15) is 4.79 Å². The summed E-state index contributed by atoms with van der Waals surface area (Å²) in [6.07, 6.45) is 2.96. The summed E-state index contributed by atoms with van der Waals surface area (Å²) >= 11 is 1.05. The standard InChI is InChI=1S/C16H10N6OS/c17-10-13(14(23)11-6-8-18-9-7-11)20-21-16-19-15(22-24-16)12-4-2-1-3-5-12/h1-9,13H. The first kappa shape index (κ1) is 15.6. The Morgan fingerprint density at radius 3 is 2.62 bits per heavy atom. The average Bonchev–Trinajstić information content (AvgIpc) is 3.12. The molecule has 0 amide bonds. The van der Waals surface area contributed by atoms with E-state index < -0.39 is 11.8 Å². The Balaban J connectivity index is 1.76. The molecular formula is C16H10N6OS. The summed E-state index contributed by atoms with van der Waals surface area (Å²) in [5.74, 6) is 0.0972. The van der Waals surface area contributed by atoms with Gasteiger partial charge < -0.3 is 0 Å². The third kappa shape index (κ3) is 3.53. The molecule has 0 aliphatic rings. The van der Waals surface area contributed by atoms with Gasteiger partial charge in [-0.15, -0.1) is 5.11 Å². The minimum absolute atomic E-state index is 0.289. The average molecular weight is 334 g/mol. The van der Waals surface area contributed by atoms with Gasteiger partial charge >= 0.3 is 0 Å². The molecule has 1 atom stereocenters. The highest BCUT2D eigenvalue weighted by atomic mass is 32.1. The fourth-order valence-corrected chi connectivity index (χ4v) is 2.40. The third-order valence-electron chi connectivity index (χ3n) is 3.04. The summed E-state index contributed by atoms with van der Waals surface area (Å²) in [6.45, 7) is 0. The molecule has 8 heteroatoms. The quantitative estimate of drug-likeness (QED) is 0.525. The van der Waals surface area contributed by atoms with Crippen molar-refractivity contribution >= 4 is 22.4 Å². The van der Waals surface area contributed by atoms with Crippen molar-refractivity contribution in [3.8, 4) is 17.5 Å². The van der Waals surface area contributed by atoms with Crippen molar-refractivity contribution in [2.45, 2.75) is 6.04 Å². The van der Waals surface area contributed by atoms with E-state index in [0.717, 1.165) is 17.1 Å². The number of carbonyl (C=O) groups excluding carboxylic acids is 1. The first-order valence-corrected chi connectivity index (χ1v) is 7.69. The minimum Gasteiger partial charge on any atom is -0.290 e. The molecule has 3 aromatic rings. The molecule has 0 saturated carbocycles. The lowest BCUT2D eigenvalue weighted by molar-refractivity contribution is 0.0979. The monoisotopic (exact) mass is 334 g/mol. The molecule has 0 radical (unpaired) electrons. The number of nitriles is 1. The van der Waals surface area contributed by atoms with Crippen molar-refractivity contribution in [1.82, 2.24) is 14.3 Å². The number of carbonyl (C=O) groups is 1. The number of azo groups is 1. The van der Waals surface area contributed by atoms with E-state index in [1.165, 1.54) is 24.5 Å². The van der Waals surface area contributed by atoms with Crippen LogP contribution in [0.3, 0.4) is 0 Å². The second kappa shape index (κ2) is 7.30. The van der Waals surface area contributed by atoms with E-state index in [2.05, 4.69) is 24.6 Å². The second-order valence-corrected chi connectivity index (χ2v) is 5.34. The highest BCUT2D eigenvalue weighted by Gasteiger charge is 2.19. The van der Waals surface area contributed by atoms with Crippen LogP contribution in [0.1, 0.15) is 10.4 Å². The van der Waals surface area contributed by atoms with Gasteiger partial charge in [0.2, 0.25) is 17.0 Å². The molecule has 1 unspecified atom stereocenters. The lowest BCUT2D eigenvalue weighted by atomic mass is 10.1. The van der Waals surface area contributed by atoms with Gasteiger partial charge in [0.1, 0.15) is 0 Å². The largest absolute Gasteiger partial charge is 0.290 e. The third-order valence-corrected chi connectivity index (χ3v) is 3.64. The van der Waals surface area contributed by atoms with Gasteiger partial charge in [-0.2, -0.15) is 19.7 Å². The fourth-order valence-electron chi connectivity index (χ4n) is 1.88. The molecule has 0 saturated heterocycles. The molecule has 0 spiro atoms. The summed E-state index contributed by atoms with van der Waals surface area (Å²) in [5.41, 5.74) is 1.22. The lowest BCUT2D eigenvalue weighted by Gasteiger charge is -2.00. The van der Waals surface area contributed by atoms with Gasteiger partial charge in [0.25, 0.3) is 0 Å². The van der Waals surface area contributed by atoms with Crippen molar-refractivity contribution in [2.75, 3.05) is 0 Å². The molecular weight excluding hydrogens is 324 g/mol. The number of ketones is 1. The second-order valence-electron chi connectivity index (χ2n) is 4.61. The number of rotatable bonds is 5. The molecule has 0 aliphatic carbocycles. The van der Waals surface area contributed by atoms with Gasteiger partial charge in [-0.25, -0.2) is 0 Å². The number of pyridine rings is 1. The Bertz CT molecular complexity index is 901. The van der Waals surface area contributed by atoms with Crippen molar-refractivity contribution in [1.29, 1.82) is 5.26 Å². The number of nitrogens with zero attached hydrogens (tertiary/aromatic N) is 6. The summed E-state index contributed by atoms with van der Waals surface area (Å²) in [5, 5.41) is 17.1. The lowest BCUT2D eigenvalue weighted by Crippen LogP contribution is -2.16. The van der Waals surface area contributed by atoms with Crippen LogP contribution in [0, 0.1) is 11.3 Å². The van der Waals surface area contributed by atoms with Crippen molar-refractivity contribution in [2.24, 2.45) is 10.2 Å². The molecule has 0 aliphatic heterocycles. The Morgan fingerprint density at radius 1 is 1.17 bits per heavy atom. The smallest absolute Gasteiger partial charge is 0.249 e. The van der Waals surface area contributed by atoms with Gasteiger partial charge in [0.05, 0.1) is 6.07 Å². The van der Waals surface area contributed by atoms with Crippen LogP contribution < -0.4 is 0 Å². The van der Waals surface area contributed by atoms with Crippen LogP contribution in [0.15, 0.2) is 65.1 Å². The molecule has 1 aromatic carbocycles. The van der Waals surface area contributed by atoms with Crippen molar-refractivity contribution < 1.29 is 4.79 Å². The van der Waals surface area contributed by atoms with E-state index in [0.29, 0.717) is 11.4 Å². The fraction of sp³-hybridized carbons (Fsp3) is 0.0625. The zero-order chi connectivity index (χ0) is 16.8. The summed E-state index contributed by atoms with van der Waals surface area (Å²) < 4.78 is 4.19. The molecule has 24 heavy (non-hydrogen) atoms. The zero-order valence-electron chi connectivity index (χ0n) is 12.3. The van der Waals surface area contributed by atoms with Crippen molar-refractivity contribution in [3.05, 3.63) is 60.4 Å².